The van der Waals surface area contributed by atoms with Crippen LogP contribution in [0.1, 0.15) is 60.9 Å². The first-order chi connectivity index (χ1) is 18.5. The summed E-state index contributed by atoms with van der Waals surface area (Å²) in [5, 5.41) is 18.1. The van der Waals surface area contributed by atoms with Crippen LogP contribution in [-0.2, 0) is 4.79 Å². The van der Waals surface area contributed by atoms with Crippen molar-refractivity contribution in [3.8, 4) is 0 Å². The average molecular weight is 628 g/mol. The second-order valence-corrected chi connectivity index (χ2v) is 11.4. The lowest BCUT2D eigenvalue weighted by molar-refractivity contribution is -0.133. The number of rotatable bonds is 11. The number of unbranched alkanes of at least 4 members (excludes halogenated alkanes) is 1. The Hall–Kier alpha value is -2.49. The Labute approximate surface area is 239 Å². The van der Waals surface area contributed by atoms with Gasteiger partial charge >= 0.3 is 0 Å². The fourth-order valence-corrected chi connectivity index (χ4v) is 5.74. The summed E-state index contributed by atoms with van der Waals surface area (Å²) in [4.78, 5) is 28.6. The molecular weight excluding hydrogens is 589 g/mol. The van der Waals surface area contributed by atoms with Crippen molar-refractivity contribution in [2.75, 3.05) is 26.2 Å². The standard InChI is InChI=1S/C31H38IN3O3/c1-2-22(23-8-4-3-5-9-23)21-35-16-15-28(34-29(31(35)38)10-6-7-17-36)20-33-30(37)26-12-11-25-19-27(32)14-13-24(25)18-26/h3-5,8-9,11-14,18-19,22,28-29,34,36H,2,6-7,10,15-17,20-21H2,1H3,(H,33,37)/t22-,28+,29+/m1/s1. The molecule has 0 aliphatic carbocycles. The summed E-state index contributed by atoms with van der Waals surface area (Å²) in [7, 11) is 0. The molecule has 2 amide bonds. The van der Waals surface area contributed by atoms with Crippen LogP contribution in [0.15, 0.2) is 66.7 Å². The second-order valence-electron chi connectivity index (χ2n) is 10.1. The number of halogens is 1. The quantitative estimate of drug-likeness (QED) is 0.205. The number of benzene rings is 3. The van der Waals surface area contributed by atoms with E-state index >= 15 is 0 Å². The Kier molecular flexibility index (Phi) is 10.5. The van der Waals surface area contributed by atoms with Crippen LogP contribution in [0.2, 0.25) is 0 Å². The molecule has 6 nitrogen and oxygen atoms in total. The molecule has 1 aliphatic heterocycles. The Balaban J connectivity index is 1.42. The molecule has 3 N–H and O–H groups in total. The normalized spacial score (nSPS) is 18.8. The van der Waals surface area contributed by atoms with Gasteiger partial charge in [0.05, 0.1) is 6.04 Å². The van der Waals surface area contributed by atoms with Gasteiger partial charge in [0, 0.05) is 47.3 Å². The van der Waals surface area contributed by atoms with Gasteiger partial charge in [-0.05, 0) is 95.3 Å². The number of carbonyl (C=O) groups is 2. The van der Waals surface area contributed by atoms with E-state index in [0.29, 0.717) is 38.0 Å². The van der Waals surface area contributed by atoms with Crippen molar-refractivity contribution in [3.05, 3.63) is 81.4 Å². The highest BCUT2D eigenvalue weighted by Gasteiger charge is 2.32. The van der Waals surface area contributed by atoms with Crippen LogP contribution in [0.25, 0.3) is 10.8 Å². The maximum absolute atomic E-state index is 13.6. The average Bonchev–Trinajstić information content (AvgIpc) is 3.08. The molecule has 0 aromatic heterocycles. The van der Waals surface area contributed by atoms with Crippen LogP contribution in [0.3, 0.4) is 0 Å². The van der Waals surface area contributed by atoms with Gasteiger partial charge in [0.1, 0.15) is 0 Å². The summed E-state index contributed by atoms with van der Waals surface area (Å²) < 4.78 is 1.16. The van der Waals surface area contributed by atoms with Gasteiger partial charge in [-0.3, -0.25) is 9.59 Å². The molecule has 0 spiro atoms. The van der Waals surface area contributed by atoms with Gasteiger partial charge in [0.15, 0.2) is 0 Å². The number of aliphatic hydroxyl groups is 1. The minimum Gasteiger partial charge on any atom is -0.396 e. The molecular formula is C31H38IN3O3. The lowest BCUT2D eigenvalue weighted by Gasteiger charge is -2.28. The van der Waals surface area contributed by atoms with Gasteiger partial charge in [0.2, 0.25) is 5.91 Å². The maximum Gasteiger partial charge on any atom is 0.251 e. The number of amides is 2. The van der Waals surface area contributed by atoms with E-state index in [4.69, 9.17) is 0 Å². The van der Waals surface area contributed by atoms with E-state index < -0.39 is 0 Å². The van der Waals surface area contributed by atoms with Gasteiger partial charge in [0.25, 0.3) is 5.91 Å². The van der Waals surface area contributed by atoms with Gasteiger partial charge in [-0.25, -0.2) is 0 Å². The van der Waals surface area contributed by atoms with Crippen LogP contribution in [0.4, 0.5) is 0 Å². The number of aliphatic hydroxyl groups excluding tert-OH is 1. The highest BCUT2D eigenvalue weighted by molar-refractivity contribution is 14.1. The minimum atomic E-state index is -0.317. The number of nitrogens with zero attached hydrogens (tertiary/aromatic N) is 1. The predicted octanol–water partition coefficient (Wildman–Crippen LogP) is 5.09. The van der Waals surface area contributed by atoms with Crippen molar-refractivity contribution in [2.45, 2.75) is 57.0 Å². The lowest BCUT2D eigenvalue weighted by atomic mass is 9.95. The second kappa shape index (κ2) is 14.1. The molecule has 1 aliphatic rings. The third-order valence-electron chi connectivity index (χ3n) is 7.47. The molecule has 4 rings (SSSR count). The fourth-order valence-electron chi connectivity index (χ4n) is 5.23. The number of nitrogens with one attached hydrogen (secondary N) is 2. The van der Waals surface area contributed by atoms with Crippen molar-refractivity contribution in [2.24, 2.45) is 0 Å². The fraction of sp³-hybridized carbons (Fsp3) is 0.419. The van der Waals surface area contributed by atoms with E-state index in [1.165, 1.54) is 5.56 Å². The van der Waals surface area contributed by atoms with Crippen molar-refractivity contribution < 1.29 is 14.7 Å². The Bertz CT molecular complexity index is 1220. The summed E-state index contributed by atoms with van der Waals surface area (Å²) in [6.07, 6.45) is 3.85. The molecule has 0 unspecified atom stereocenters. The van der Waals surface area contributed by atoms with Gasteiger partial charge in [-0.2, -0.15) is 0 Å². The zero-order valence-corrected chi connectivity index (χ0v) is 24.2. The van der Waals surface area contributed by atoms with Crippen LogP contribution < -0.4 is 10.6 Å². The molecule has 0 bridgehead atoms. The maximum atomic E-state index is 13.6. The van der Waals surface area contributed by atoms with Crippen molar-refractivity contribution in [1.82, 2.24) is 15.5 Å². The number of fused-ring (bicyclic) bond motifs is 1. The summed E-state index contributed by atoms with van der Waals surface area (Å²) >= 11 is 2.29. The third kappa shape index (κ3) is 7.55. The highest BCUT2D eigenvalue weighted by atomic mass is 127. The zero-order chi connectivity index (χ0) is 26.9. The molecule has 3 atom stereocenters. The number of carbonyl (C=O) groups excluding carboxylic acids is 2. The summed E-state index contributed by atoms with van der Waals surface area (Å²) in [6, 6.07) is 22.0. The van der Waals surface area contributed by atoms with E-state index in [9.17, 15) is 14.7 Å². The van der Waals surface area contributed by atoms with Crippen molar-refractivity contribution in [3.63, 3.8) is 0 Å². The van der Waals surface area contributed by atoms with E-state index in [1.54, 1.807) is 0 Å². The van der Waals surface area contributed by atoms with E-state index in [0.717, 1.165) is 33.6 Å². The molecule has 1 saturated heterocycles. The molecule has 7 heteroatoms. The Morgan fingerprint density at radius 1 is 1.11 bits per heavy atom. The van der Waals surface area contributed by atoms with Crippen LogP contribution in [0, 0.1) is 3.57 Å². The molecule has 3 aromatic rings. The summed E-state index contributed by atoms with van der Waals surface area (Å²) in [6.45, 7) is 4.09. The molecule has 38 heavy (non-hydrogen) atoms. The monoisotopic (exact) mass is 627 g/mol. The number of hydrogen-bond acceptors (Lipinski definition) is 4. The van der Waals surface area contributed by atoms with E-state index in [1.807, 2.05) is 41.3 Å². The van der Waals surface area contributed by atoms with Crippen molar-refractivity contribution >= 4 is 45.2 Å². The predicted molar refractivity (Wildman–Crippen MR) is 161 cm³/mol. The topological polar surface area (TPSA) is 81.7 Å². The first-order valence-corrected chi connectivity index (χ1v) is 14.7. The van der Waals surface area contributed by atoms with Gasteiger partial charge in [-0.15, -0.1) is 0 Å². The largest absolute Gasteiger partial charge is 0.396 e. The highest BCUT2D eigenvalue weighted by Crippen LogP contribution is 2.23. The molecule has 1 heterocycles. The summed E-state index contributed by atoms with van der Waals surface area (Å²) in [5.41, 5.74) is 1.89. The third-order valence-corrected chi connectivity index (χ3v) is 8.14. The van der Waals surface area contributed by atoms with Crippen LogP contribution in [0.5, 0.6) is 0 Å². The van der Waals surface area contributed by atoms with Crippen LogP contribution >= 0.6 is 22.6 Å². The van der Waals surface area contributed by atoms with Crippen LogP contribution in [-0.4, -0.2) is 60.1 Å². The lowest BCUT2D eigenvalue weighted by Crippen LogP contribution is -2.49. The number of hydrogen-bond donors (Lipinski definition) is 3. The van der Waals surface area contributed by atoms with E-state index in [2.05, 4.69) is 70.5 Å². The van der Waals surface area contributed by atoms with Gasteiger partial charge < -0.3 is 20.6 Å². The molecule has 1 fully saturated rings. The van der Waals surface area contributed by atoms with E-state index in [-0.39, 0.29) is 36.4 Å². The summed E-state index contributed by atoms with van der Waals surface area (Å²) in [5.74, 6) is 0.299. The molecule has 202 valence electrons. The smallest absolute Gasteiger partial charge is 0.251 e. The molecule has 0 saturated carbocycles. The first kappa shape index (κ1) is 28.5. The molecule has 0 radical (unpaired) electrons. The Morgan fingerprint density at radius 3 is 2.63 bits per heavy atom. The van der Waals surface area contributed by atoms with Gasteiger partial charge in [-0.1, -0.05) is 49.4 Å². The first-order valence-electron chi connectivity index (χ1n) is 13.7. The van der Waals surface area contributed by atoms with Crippen molar-refractivity contribution in [1.29, 1.82) is 0 Å². The minimum absolute atomic E-state index is 0.00846. The molecule has 3 aromatic carbocycles. The SMILES string of the molecule is CC[C@H](CN1CC[C@@H](CNC(=O)c2ccc3cc(I)ccc3c2)N[C@@H](CCCCO)C1=O)c1ccccc1. The Morgan fingerprint density at radius 2 is 1.87 bits per heavy atom. The zero-order valence-electron chi connectivity index (χ0n) is 22.0.